The summed E-state index contributed by atoms with van der Waals surface area (Å²) in [6, 6.07) is 16.0. The van der Waals surface area contributed by atoms with Crippen molar-refractivity contribution in [1.82, 2.24) is 14.9 Å². The van der Waals surface area contributed by atoms with E-state index in [1.54, 1.807) is 4.90 Å². The lowest BCUT2D eigenvalue weighted by molar-refractivity contribution is 0.0942. The molecule has 2 aromatic carbocycles. The van der Waals surface area contributed by atoms with E-state index in [4.69, 9.17) is 4.74 Å². The molecule has 0 radical (unpaired) electrons. The Kier molecular flexibility index (Phi) is 4.48. The summed E-state index contributed by atoms with van der Waals surface area (Å²) < 4.78 is 5.42. The third-order valence-corrected chi connectivity index (χ3v) is 4.69. The van der Waals surface area contributed by atoms with E-state index < -0.39 is 0 Å². The molecule has 134 valence electrons. The third kappa shape index (κ3) is 3.49. The first-order valence-corrected chi connectivity index (χ1v) is 8.86. The zero-order valence-corrected chi connectivity index (χ0v) is 14.8. The summed E-state index contributed by atoms with van der Waals surface area (Å²) in [6.07, 6.45) is -0.242. The Labute approximate surface area is 152 Å². The molecule has 1 N–H and O–H groups in total. The summed E-state index contributed by atoms with van der Waals surface area (Å²) in [5.41, 5.74) is 4.18. The van der Waals surface area contributed by atoms with Gasteiger partial charge in [-0.25, -0.2) is 9.78 Å². The van der Waals surface area contributed by atoms with Crippen LogP contribution in [0.5, 0.6) is 0 Å². The fourth-order valence-electron chi connectivity index (χ4n) is 3.28. The molecule has 4 rings (SSSR count). The molecule has 0 bridgehead atoms. The minimum absolute atomic E-state index is 0.242. The van der Waals surface area contributed by atoms with Crippen molar-refractivity contribution in [3.8, 4) is 0 Å². The molecule has 1 aliphatic rings. The Morgan fingerprint density at radius 2 is 1.88 bits per heavy atom. The standard InChI is InChI=1S/C20H22N4O2/c1-15-21-18-8-7-17(13-19(18)22-15)23-9-11-24(12-10-23)20(25)26-14-16-5-3-2-4-6-16/h2-8,13H,9-12,14H2,1H3,(H,21,22). The number of piperazine rings is 1. The van der Waals surface area contributed by atoms with Crippen molar-refractivity contribution in [1.29, 1.82) is 0 Å². The van der Waals surface area contributed by atoms with Crippen LogP contribution in [0.25, 0.3) is 11.0 Å². The van der Waals surface area contributed by atoms with Gasteiger partial charge in [0.05, 0.1) is 11.0 Å². The minimum atomic E-state index is -0.242. The second kappa shape index (κ2) is 7.07. The van der Waals surface area contributed by atoms with Gasteiger partial charge in [0.15, 0.2) is 0 Å². The lowest BCUT2D eigenvalue weighted by atomic mass is 10.2. The van der Waals surface area contributed by atoms with Crippen molar-refractivity contribution in [2.45, 2.75) is 13.5 Å². The number of carbonyl (C=O) groups excluding carboxylic acids is 1. The summed E-state index contributed by atoms with van der Waals surface area (Å²) in [5.74, 6) is 0.920. The maximum atomic E-state index is 12.3. The van der Waals surface area contributed by atoms with E-state index in [2.05, 4.69) is 27.0 Å². The van der Waals surface area contributed by atoms with Crippen LogP contribution in [0, 0.1) is 6.92 Å². The summed E-state index contributed by atoms with van der Waals surface area (Å²) >= 11 is 0. The number of hydrogen-bond acceptors (Lipinski definition) is 4. The number of anilines is 1. The highest BCUT2D eigenvalue weighted by molar-refractivity contribution is 5.79. The van der Waals surface area contributed by atoms with Gasteiger partial charge in [-0.15, -0.1) is 0 Å². The van der Waals surface area contributed by atoms with Crippen LogP contribution in [0.1, 0.15) is 11.4 Å². The molecule has 2 heterocycles. The topological polar surface area (TPSA) is 61.5 Å². The van der Waals surface area contributed by atoms with Crippen molar-refractivity contribution >= 4 is 22.8 Å². The molecule has 1 fully saturated rings. The number of aromatic amines is 1. The third-order valence-electron chi connectivity index (χ3n) is 4.69. The highest BCUT2D eigenvalue weighted by atomic mass is 16.6. The predicted octanol–water partition coefficient (Wildman–Crippen LogP) is 3.33. The monoisotopic (exact) mass is 350 g/mol. The van der Waals surface area contributed by atoms with Crippen LogP contribution in [-0.4, -0.2) is 47.1 Å². The van der Waals surface area contributed by atoms with E-state index in [0.717, 1.165) is 41.2 Å². The number of benzene rings is 2. The quantitative estimate of drug-likeness (QED) is 0.787. The van der Waals surface area contributed by atoms with Crippen LogP contribution in [0.3, 0.4) is 0 Å². The first-order chi connectivity index (χ1) is 12.7. The molecule has 6 nitrogen and oxygen atoms in total. The summed E-state index contributed by atoms with van der Waals surface area (Å²) in [7, 11) is 0. The van der Waals surface area contributed by atoms with E-state index in [1.165, 1.54) is 0 Å². The van der Waals surface area contributed by atoms with Crippen LogP contribution >= 0.6 is 0 Å². The van der Waals surface area contributed by atoms with Gasteiger partial charge in [0.25, 0.3) is 0 Å². The number of amides is 1. The molecule has 0 spiro atoms. The predicted molar refractivity (Wildman–Crippen MR) is 101 cm³/mol. The van der Waals surface area contributed by atoms with Crippen molar-refractivity contribution < 1.29 is 9.53 Å². The number of aryl methyl sites for hydroxylation is 1. The number of ether oxygens (including phenoxy) is 1. The van der Waals surface area contributed by atoms with Gasteiger partial charge in [0.2, 0.25) is 0 Å². The highest BCUT2D eigenvalue weighted by Gasteiger charge is 2.22. The molecule has 1 aromatic heterocycles. The van der Waals surface area contributed by atoms with E-state index in [0.29, 0.717) is 19.7 Å². The SMILES string of the molecule is Cc1nc2ccc(N3CCN(C(=O)OCc4ccccc4)CC3)cc2[nH]1. The molecular weight excluding hydrogens is 328 g/mol. The van der Waals surface area contributed by atoms with Gasteiger partial charge >= 0.3 is 6.09 Å². The van der Waals surface area contributed by atoms with Crippen LogP contribution in [0.15, 0.2) is 48.5 Å². The van der Waals surface area contributed by atoms with Gasteiger partial charge in [-0.05, 0) is 30.7 Å². The number of H-pyrrole nitrogens is 1. The number of rotatable bonds is 3. The van der Waals surface area contributed by atoms with E-state index in [9.17, 15) is 4.79 Å². The summed E-state index contributed by atoms with van der Waals surface area (Å²) in [6.45, 7) is 5.18. The zero-order chi connectivity index (χ0) is 17.9. The number of hydrogen-bond donors (Lipinski definition) is 1. The minimum Gasteiger partial charge on any atom is -0.445 e. The van der Waals surface area contributed by atoms with Gasteiger partial charge in [0, 0.05) is 31.9 Å². The average molecular weight is 350 g/mol. The molecule has 0 unspecified atom stereocenters. The molecule has 6 heteroatoms. The number of imidazole rings is 1. The van der Waals surface area contributed by atoms with Gasteiger partial charge in [-0.1, -0.05) is 30.3 Å². The Morgan fingerprint density at radius 1 is 1.12 bits per heavy atom. The Morgan fingerprint density at radius 3 is 2.65 bits per heavy atom. The highest BCUT2D eigenvalue weighted by Crippen LogP contribution is 2.22. The molecule has 1 aliphatic heterocycles. The van der Waals surface area contributed by atoms with Crippen LogP contribution in [0.2, 0.25) is 0 Å². The molecular formula is C20H22N4O2. The normalized spacial score (nSPS) is 14.7. The molecule has 0 atom stereocenters. The largest absolute Gasteiger partial charge is 0.445 e. The average Bonchev–Trinajstić information content (AvgIpc) is 3.06. The maximum Gasteiger partial charge on any atom is 0.410 e. The van der Waals surface area contributed by atoms with Gasteiger partial charge in [-0.2, -0.15) is 0 Å². The lowest BCUT2D eigenvalue weighted by Crippen LogP contribution is -2.48. The maximum absolute atomic E-state index is 12.3. The Balaban J connectivity index is 1.33. The van der Waals surface area contributed by atoms with Gasteiger partial charge < -0.3 is 19.5 Å². The first-order valence-electron chi connectivity index (χ1n) is 8.86. The van der Waals surface area contributed by atoms with Gasteiger partial charge in [-0.3, -0.25) is 0 Å². The molecule has 1 saturated heterocycles. The summed E-state index contributed by atoms with van der Waals surface area (Å²) in [5, 5.41) is 0. The van der Waals surface area contributed by atoms with E-state index in [-0.39, 0.29) is 6.09 Å². The van der Waals surface area contributed by atoms with Crippen molar-refractivity contribution in [2.75, 3.05) is 31.1 Å². The number of nitrogens with zero attached hydrogens (tertiary/aromatic N) is 3. The number of carbonyl (C=O) groups is 1. The van der Waals surface area contributed by atoms with E-state index in [1.807, 2.05) is 43.3 Å². The molecule has 26 heavy (non-hydrogen) atoms. The van der Waals surface area contributed by atoms with Crippen molar-refractivity contribution in [2.24, 2.45) is 0 Å². The Bertz CT molecular complexity index is 899. The zero-order valence-electron chi connectivity index (χ0n) is 14.8. The van der Waals surface area contributed by atoms with Crippen LogP contribution in [-0.2, 0) is 11.3 Å². The van der Waals surface area contributed by atoms with E-state index >= 15 is 0 Å². The van der Waals surface area contributed by atoms with Crippen LogP contribution < -0.4 is 4.90 Å². The lowest BCUT2D eigenvalue weighted by Gasteiger charge is -2.35. The second-order valence-corrected chi connectivity index (χ2v) is 6.54. The number of nitrogens with one attached hydrogen (secondary N) is 1. The summed E-state index contributed by atoms with van der Waals surface area (Å²) in [4.78, 5) is 24.0. The smallest absolute Gasteiger partial charge is 0.410 e. The molecule has 3 aromatic rings. The fraction of sp³-hybridized carbons (Fsp3) is 0.300. The van der Waals surface area contributed by atoms with Crippen molar-refractivity contribution in [3.63, 3.8) is 0 Å². The molecule has 0 saturated carbocycles. The molecule has 1 amide bonds. The first kappa shape index (κ1) is 16.4. The fourth-order valence-corrected chi connectivity index (χ4v) is 3.28. The van der Waals surface area contributed by atoms with Crippen LogP contribution in [0.4, 0.5) is 10.5 Å². The number of aromatic nitrogens is 2. The van der Waals surface area contributed by atoms with Gasteiger partial charge in [0.1, 0.15) is 12.4 Å². The molecule has 0 aliphatic carbocycles. The second-order valence-electron chi connectivity index (χ2n) is 6.54. The van der Waals surface area contributed by atoms with Crippen molar-refractivity contribution in [3.05, 3.63) is 59.9 Å². The number of fused-ring (bicyclic) bond motifs is 1. The Hall–Kier alpha value is -3.02.